The van der Waals surface area contributed by atoms with Gasteiger partial charge in [-0.3, -0.25) is 9.59 Å². The quantitative estimate of drug-likeness (QED) is 0.786. The van der Waals surface area contributed by atoms with Crippen LogP contribution in [0.15, 0.2) is 10.2 Å². The van der Waals surface area contributed by atoms with Crippen LogP contribution in [0.5, 0.6) is 0 Å². The van der Waals surface area contributed by atoms with Crippen LogP contribution in [0.4, 0.5) is 0 Å². The summed E-state index contributed by atoms with van der Waals surface area (Å²) in [5, 5.41) is 12.9. The lowest BCUT2D eigenvalue weighted by atomic mass is 10.1. The maximum Gasteiger partial charge on any atom is 0.304 e. The van der Waals surface area contributed by atoms with Gasteiger partial charge in [0, 0.05) is 11.1 Å². The van der Waals surface area contributed by atoms with Crippen molar-refractivity contribution in [1.29, 1.82) is 5.26 Å². The van der Waals surface area contributed by atoms with Gasteiger partial charge in [0.25, 0.3) is 0 Å². The molecule has 1 aromatic rings. The van der Waals surface area contributed by atoms with Crippen LogP contribution in [0.2, 0.25) is 0 Å². The first kappa shape index (κ1) is 11.5. The third kappa shape index (κ3) is 3.22. The van der Waals surface area contributed by atoms with Gasteiger partial charge in [-0.15, -0.1) is 0 Å². The molecule has 0 spiro atoms. The minimum Gasteiger partial charge on any atom is -0.349 e. The van der Waals surface area contributed by atoms with Crippen molar-refractivity contribution in [3.8, 4) is 6.07 Å². The molecule has 0 saturated carbocycles. The average Bonchev–Trinajstić information content (AvgIpc) is 2.63. The Balaban J connectivity index is 2.47. The number of H-pyrrole nitrogens is 1. The molecule has 6 heteroatoms. The molecule has 0 bridgehead atoms. The molecule has 1 atom stereocenters. The molecule has 80 valence electrons. The average molecular weight is 225 g/mol. The molecule has 2 N–H and O–H groups in total. The molecule has 1 amide bonds. The third-order valence-electron chi connectivity index (χ3n) is 1.90. The maximum absolute atomic E-state index is 11.4. The highest BCUT2D eigenvalue weighted by atomic mass is 32.1. The lowest BCUT2D eigenvalue weighted by Gasteiger charge is -2.06. The van der Waals surface area contributed by atoms with E-state index in [1.165, 1.54) is 0 Å². The Kier molecular flexibility index (Phi) is 4.06. The first-order valence-corrected chi connectivity index (χ1v) is 5.39. The van der Waals surface area contributed by atoms with Crippen LogP contribution < -0.4 is 10.2 Å². The molecule has 5 nitrogen and oxygen atoms in total. The molecular formula is C9H11N3O2S. The van der Waals surface area contributed by atoms with Gasteiger partial charge >= 0.3 is 4.87 Å². The number of aromatic amines is 1. The van der Waals surface area contributed by atoms with Gasteiger partial charge in [0.05, 0.1) is 12.6 Å². The molecular weight excluding hydrogens is 214 g/mol. The zero-order valence-corrected chi connectivity index (χ0v) is 9.06. The summed E-state index contributed by atoms with van der Waals surface area (Å²) in [5.74, 6) is -0.914. The number of amides is 1. The lowest BCUT2D eigenvalue weighted by molar-refractivity contribution is -0.123. The summed E-state index contributed by atoms with van der Waals surface area (Å²) in [6, 6.07) is 1.91. The van der Waals surface area contributed by atoms with Crippen molar-refractivity contribution >= 4 is 17.2 Å². The van der Waals surface area contributed by atoms with E-state index in [2.05, 4.69) is 10.3 Å². The summed E-state index contributed by atoms with van der Waals surface area (Å²) >= 11 is 1.05. The van der Waals surface area contributed by atoms with Crippen molar-refractivity contribution in [2.45, 2.75) is 19.9 Å². The number of nitrogens with one attached hydrogen (secondary N) is 2. The molecule has 0 saturated heterocycles. The van der Waals surface area contributed by atoms with E-state index in [-0.39, 0.29) is 17.3 Å². The number of nitrogens with zero attached hydrogens (tertiary/aromatic N) is 1. The second kappa shape index (κ2) is 5.32. The van der Waals surface area contributed by atoms with Crippen LogP contribution >= 0.6 is 11.3 Å². The summed E-state index contributed by atoms with van der Waals surface area (Å²) in [5.41, 5.74) is 0.658. The highest BCUT2D eigenvalue weighted by Crippen LogP contribution is 2.01. The highest BCUT2D eigenvalue weighted by Gasteiger charge is 2.14. The fourth-order valence-electron chi connectivity index (χ4n) is 1.04. The zero-order chi connectivity index (χ0) is 11.3. The predicted molar refractivity (Wildman–Crippen MR) is 56.2 cm³/mol. The van der Waals surface area contributed by atoms with E-state index in [1.54, 1.807) is 12.3 Å². The second-order valence-electron chi connectivity index (χ2n) is 2.98. The molecule has 1 unspecified atom stereocenters. The number of nitriles is 1. The Morgan fingerprint density at radius 3 is 3.00 bits per heavy atom. The maximum atomic E-state index is 11.4. The first-order valence-electron chi connectivity index (χ1n) is 4.51. The fraction of sp³-hybridized carbons (Fsp3) is 0.444. The smallest absolute Gasteiger partial charge is 0.304 e. The number of carbonyl (C=O) groups excluding carboxylic acids is 1. The largest absolute Gasteiger partial charge is 0.349 e. The van der Waals surface area contributed by atoms with E-state index < -0.39 is 5.92 Å². The summed E-state index contributed by atoms with van der Waals surface area (Å²) in [6.45, 7) is 2.04. The molecule has 1 aromatic heterocycles. The number of hydrogen-bond donors (Lipinski definition) is 2. The number of thiazole rings is 1. The molecule has 0 aliphatic heterocycles. The normalized spacial score (nSPS) is 11.7. The Hall–Kier alpha value is -1.61. The van der Waals surface area contributed by atoms with Crippen molar-refractivity contribution in [3.05, 3.63) is 20.7 Å². The van der Waals surface area contributed by atoms with Gasteiger partial charge in [-0.25, -0.2) is 0 Å². The number of hydrogen-bond acceptors (Lipinski definition) is 4. The van der Waals surface area contributed by atoms with Crippen molar-refractivity contribution in [3.63, 3.8) is 0 Å². The first-order chi connectivity index (χ1) is 7.17. The van der Waals surface area contributed by atoms with Crippen LogP contribution in [0.3, 0.4) is 0 Å². The van der Waals surface area contributed by atoms with Crippen LogP contribution in [0, 0.1) is 17.2 Å². The van der Waals surface area contributed by atoms with Gasteiger partial charge < -0.3 is 10.3 Å². The Morgan fingerprint density at radius 1 is 1.80 bits per heavy atom. The predicted octanol–water partition coefficient (Wildman–Crippen LogP) is 0.602. The van der Waals surface area contributed by atoms with Gasteiger partial charge in [0.1, 0.15) is 5.92 Å². The van der Waals surface area contributed by atoms with E-state index in [1.807, 2.05) is 6.07 Å². The molecule has 0 aliphatic carbocycles. The van der Waals surface area contributed by atoms with E-state index in [0.29, 0.717) is 12.1 Å². The molecule has 0 radical (unpaired) electrons. The topological polar surface area (TPSA) is 85.8 Å². The minimum atomic E-state index is -0.615. The molecule has 0 aromatic carbocycles. The molecule has 1 heterocycles. The van der Waals surface area contributed by atoms with Crippen LogP contribution in [0.1, 0.15) is 19.0 Å². The van der Waals surface area contributed by atoms with Gasteiger partial charge in [-0.05, 0) is 6.42 Å². The number of rotatable bonds is 4. The monoisotopic (exact) mass is 225 g/mol. The van der Waals surface area contributed by atoms with E-state index in [0.717, 1.165) is 11.3 Å². The summed E-state index contributed by atoms with van der Waals surface area (Å²) in [7, 11) is 0. The molecule has 0 aliphatic rings. The van der Waals surface area contributed by atoms with Crippen molar-refractivity contribution < 1.29 is 4.79 Å². The van der Waals surface area contributed by atoms with E-state index in [4.69, 9.17) is 5.26 Å². The number of aromatic nitrogens is 1. The third-order valence-corrected chi connectivity index (χ3v) is 2.62. The van der Waals surface area contributed by atoms with Gasteiger partial charge in [0.2, 0.25) is 5.91 Å². The molecule has 15 heavy (non-hydrogen) atoms. The summed E-state index contributed by atoms with van der Waals surface area (Å²) < 4.78 is 0. The SMILES string of the molecule is CCC(C#N)C(=O)NCc1csc(=O)[nH]1. The van der Waals surface area contributed by atoms with Gasteiger partial charge in [-0.1, -0.05) is 18.3 Å². The van der Waals surface area contributed by atoms with Crippen molar-refractivity contribution in [2.24, 2.45) is 5.92 Å². The highest BCUT2D eigenvalue weighted by molar-refractivity contribution is 7.07. The fourth-order valence-corrected chi connectivity index (χ4v) is 1.62. The standard InChI is InChI=1S/C9H11N3O2S/c1-2-6(3-10)8(13)11-4-7-5-15-9(14)12-7/h5-6H,2,4H2,1H3,(H,11,13)(H,12,14). The minimum absolute atomic E-state index is 0.147. The van der Waals surface area contributed by atoms with Gasteiger partial charge in [-0.2, -0.15) is 5.26 Å². The van der Waals surface area contributed by atoms with E-state index in [9.17, 15) is 9.59 Å². The van der Waals surface area contributed by atoms with Crippen molar-refractivity contribution in [1.82, 2.24) is 10.3 Å². The Labute approximate surface area is 90.7 Å². The Morgan fingerprint density at radius 2 is 2.53 bits per heavy atom. The van der Waals surface area contributed by atoms with Crippen molar-refractivity contribution in [2.75, 3.05) is 0 Å². The second-order valence-corrected chi connectivity index (χ2v) is 3.82. The summed E-state index contributed by atoms with van der Waals surface area (Å²) in [4.78, 5) is 24.6. The summed E-state index contributed by atoms with van der Waals surface area (Å²) in [6.07, 6.45) is 0.489. The van der Waals surface area contributed by atoms with Crippen LogP contribution in [0.25, 0.3) is 0 Å². The number of carbonyl (C=O) groups is 1. The van der Waals surface area contributed by atoms with Crippen LogP contribution in [-0.4, -0.2) is 10.9 Å². The Bertz CT molecular complexity index is 429. The van der Waals surface area contributed by atoms with Crippen LogP contribution in [-0.2, 0) is 11.3 Å². The zero-order valence-electron chi connectivity index (χ0n) is 8.24. The molecule has 0 fully saturated rings. The molecule has 1 rings (SSSR count). The van der Waals surface area contributed by atoms with Gasteiger partial charge in [0.15, 0.2) is 0 Å². The lowest BCUT2D eigenvalue weighted by Crippen LogP contribution is -2.29. The van der Waals surface area contributed by atoms with E-state index >= 15 is 0 Å².